The van der Waals surface area contributed by atoms with E-state index in [-0.39, 0.29) is 48.4 Å². The number of imidazole rings is 2. The van der Waals surface area contributed by atoms with Gasteiger partial charge in [-0.15, -0.1) is 0 Å². The van der Waals surface area contributed by atoms with E-state index in [1.165, 1.54) is 25.3 Å². The largest absolute Gasteiger partial charge is 0.494 e. The van der Waals surface area contributed by atoms with Gasteiger partial charge in [-0.3, -0.25) is 44.4 Å². The first-order valence-corrected chi connectivity index (χ1v) is 21.4. The number of benzene rings is 2. The number of aliphatic imine (C=N–C) groups is 1. The van der Waals surface area contributed by atoms with Gasteiger partial charge in [0.05, 0.1) is 23.8 Å². The summed E-state index contributed by atoms with van der Waals surface area (Å²) in [6.45, 7) is 11.2. The summed E-state index contributed by atoms with van der Waals surface area (Å²) in [6, 6.07) is 8.38. The fourth-order valence-corrected chi connectivity index (χ4v) is 7.62. The van der Waals surface area contributed by atoms with Gasteiger partial charge in [-0.1, -0.05) is 24.3 Å². The molecule has 5 aromatic rings. The number of aryl methyl sites for hydroxylation is 2. The molecule has 3 aromatic heterocycles. The molecule has 0 aliphatic carbocycles. The number of anilines is 2. The lowest BCUT2D eigenvalue weighted by Gasteiger charge is -2.30. The molecule has 20 nitrogen and oxygen atoms in total. The van der Waals surface area contributed by atoms with Crippen molar-refractivity contribution in [3.8, 4) is 11.5 Å². The van der Waals surface area contributed by atoms with Crippen molar-refractivity contribution >= 4 is 63.3 Å². The molecule has 1 aliphatic rings. The third kappa shape index (κ3) is 11.3. The summed E-state index contributed by atoms with van der Waals surface area (Å²) in [5, 5.41) is 13.6. The van der Waals surface area contributed by atoms with Gasteiger partial charge < -0.3 is 41.1 Å². The van der Waals surface area contributed by atoms with Crippen LogP contribution in [0.2, 0.25) is 0 Å². The van der Waals surface area contributed by atoms with Crippen molar-refractivity contribution in [2.75, 3.05) is 57.6 Å². The number of hydrogen-bond acceptors (Lipinski definition) is 13. The number of nitrogens with two attached hydrogens (primary N) is 3. The number of nitrogens with zero attached hydrogens (tertiary/aromatic N) is 8. The molecule has 9 N–H and O–H groups in total. The molecule has 344 valence electrons. The summed E-state index contributed by atoms with van der Waals surface area (Å²) < 4.78 is 17.1. The summed E-state index contributed by atoms with van der Waals surface area (Å²) in [7, 11) is 3.45. The summed E-state index contributed by atoms with van der Waals surface area (Å²) in [6.07, 6.45) is 11.3. The number of fused-ring (bicyclic) bond motifs is 2. The molecule has 1 aliphatic heterocycles. The number of rotatable bonds is 20. The SMILES string of the molecule is CCN=C(/C=C(/C)N)C(=O)Nc1nc2cc(C(N)=O)cc(OC)c2n1C/C=C/Cn1c(NC(=O)c2cc(C)nn2CC)nc2cc(C(N)=O)cc(OC/C=C\CN3CCC(NC)CC3)c21. The van der Waals surface area contributed by atoms with Gasteiger partial charge in [0.25, 0.3) is 11.8 Å². The first-order valence-electron chi connectivity index (χ1n) is 21.4. The molecule has 0 atom stereocenters. The predicted octanol–water partition coefficient (Wildman–Crippen LogP) is 3.51. The zero-order valence-corrected chi connectivity index (χ0v) is 37.7. The molecular formula is C45H58N14O6. The number of carbonyl (C=O) groups excluding carboxylic acids is 4. The Morgan fingerprint density at radius 3 is 1.97 bits per heavy atom. The minimum atomic E-state index is -0.682. The van der Waals surface area contributed by atoms with Gasteiger partial charge in [0.2, 0.25) is 23.7 Å². The third-order valence-electron chi connectivity index (χ3n) is 10.8. The molecule has 0 unspecified atom stereocenters. The number of aromatic nitrogens is 6. The van der Waals surface area contributed by atoms with E-state index >= 15 is 0 Å². The normalized spacial score (nSPS) is 14.2. The molecule has 4 amide bonds. The van der Waals surface area contributed by atoms with Crippen LogP contribution in [0.15, 0.2) is 71.4 Å². The second-order valence-electron chi connectivity index (χ2n) is 15.5. The van der Waals surface area contributed by atoms with Crippen molar-refractivity contribution in [3.63, 3.8) is 0 Å². The standard InChI is InChI=1S/C45H58N14O6/c1-7-50-34(21-27(3)46)42(62)53-44-51-32-23-29(40(47)60)25-36(64-6)38(32)57(44)16-9-10-17-58-39-33(52-45(58)54-43(63)35-22-28(4)55-59(35)8-2)24-30(41(48)61)26-37(39)65-20-12-11-15-56-18-13-31(49-5)14-19-56/h9-12,21-26,31,49H,7-8,13-20,46H2,1-6H3,(H2,47,60)(H2,48,61)(H,51,53,62)(H,52,54,63)/b10-9+,12-11-,27-21-,50-34?. The average molecular weight is 891 g/mol. The van der Waals surface area contributed by atoms with E-state index < -0.39 is 23.6 Å². The Morgan fingerprint density at radius 1 is 0.831 bits per heavy atom. The Morgan fingerprint density at radius 2 is 1.42 bits per heavy atom. The highest BCUT2D eigenvalue weighted by Crippen LogP contribution is 2.33. The number of allylic oxidation sites excluding steroid dienone is 3. The number of hydrogen-bond donors (Lipinski definition) is 6. The minimum Gasteiger partial charge on any atom is -0.494 e. The molecule has 6 rings (SSSR count). The van der Waals surface area contributed by atoms with Crippen LogP contribution in [0.5, 0.6) is 11.5 Å². The van der Waals surface area contributed by atoms with Crippen molar-refractivity contribution in [2.24, 2.45) is 22.2 Å². The molecular weight excluding hydrogens is 833 g/mol. The van der Waals surface area contributed by atoms with Crippen LogP contribution in [-0.4, -0.2) is 116 Å². The maximum absolute atomic E-state index is 13.8. The van der Waals surface area contributed by atoms with Gasteiger partial charge in [-0.2, -0.15) is 5.10 Å². The van der Waals surface area contributed by atoms with Crippen molar-refractivity contribution in [2.45, 2.75) is 66.2 Å². The predicted molar refractivity (Wildman–Crippen MR) is 250 cm³/mol. The fourth-order valence-electron chi connectivity index (χ4n) is 7.62. The van der Waals surface area contributed by atoms with Crippen LogP contribution in [0, 0.1) is 6.92 Å². The van der Waals surface area contributed by atoms with Gasteiger partial charge in [0.15, 0.2) is 0 Å². The molecule has 65 heavy (non-hydrogen) atoms. The van der Waals surface area contributed by atoms with Crippen LogP contribution in [0.1, 0.15) is 70.5 Å². The van der Waals surface area contributed by atoms with E-state index in [1.54, 1.807) is 52.8 Å². The molecule has 0 saturated carbocycles. The highest BCUT2D eigenvalue weighted by molar-refractivity contribution is 6.47. The summed E-state index contributed by atoms with van der Waals surface area (Å²) in [5.41, 5.74) is 20.9. The minimum absolute atomic E-state index is 0.100. The first kappa shape index (κ1) is 47.2. The highest BCUT2D eigenvalue weighted by atomic mass is 16.5. The van der Waals surface area contributed by atoms with Crippen LogP contribution < -0.4 is 42.6 Å². The van der Waals surface area contributed by atoms with Gasteiger partial charge in [0.1, 0.15) is 40.5 Å². The number of piperidine rings is 1. The Labute approximate surface area is 376 Å². The zero-order valence-electron chi connectivity index (χ0n) is 37.7. The maximum Gasteiger partial charge on any atom is 0.276 e. The van der Waals surface area contributed by atoms with E-state index in [0.717, 1.165) is 32.5 Å². The quantitative estimate of drug-likeness (QED) is 0.0484. The van der Waals surface area contributed by atoms with E-state index in [9.17, 15) is 19.2 Å². The Hall–Kier alpha value is -7.32. The number of carbonyl (C=O) groups is 4. The molecule has 1 saturated heterocycles. The number of primary amides is 2. The van der Waals surface area contributed by atoms with E-state index in [1.807, 2.05) is 32.2 Å². The van der Waals surface area contributed by atoms with Gasteiger partial charge in [-0.25, -0.2) is 9.97 Å². The highest BCUT2D eigenvalue weighted by Gasteiger charge is 2.23. The summed E-state index contributed by atoms with van der Waals surface area (Å²) in [4.78, 5) is 68.4. The summed E-state index contributed by atoms with van der Waals surface area (Å²) in [5.74, 6) is -1.41. The number of methoxy groups -OCH3 is 1. The average Bonchev–Trinajstić information content (AvgIpc) is 3.96. The second kappa shape index (κ2) is 21.4. The molecule has 2 aromatic carbocycles. The first-order chi connectivity index (χ1) is 31.2. The molecule has 0 bridgehead atoms. The third-order valence-corrected chi connectivity index (χ3v) is 10.8. The number of ether oxygens (including phenoxy) is 2. The van der Waals surface area contributed by atoms with Crippen LogP contribution in [-0.2, 0) is 24.4 Å². The molecule has 4 heterocycles. The lowest BCUT2D eigenvalue weighted by atomic mass is 10.1. The monoisotopic (exact) mass is 890 g/mol. The van der Waals surface area contributed by atoms with Crippen LogP contribution in [0.25, 0.3) is 22.1 Å². The second-order valence-corrected chi connectivity index (χ2v) is 15.5. The van der Waals surface area contributed by atoms with Gasteiger partial charge in [0, 0.05) is 55.6 Å². The van der Waals surface area contributed by atoms with E-state index in [2.05, 4.69) is 42.0 Å². The van der Waals surface area contributed by atoms with Gasteiger partial charge in [-0.05, 0) is 97.1 Å². The fraction of sp³-hybridized carbons (Fsp3) is 0.378. The molecule has 0 spiro atoms. The lowest BCUT2D eigenvalue weighted by Crippen LogP contribution is -2.41. The van der Waals surface area contributed by atoms with E-state index in [4.69, 9.17) is 31.7 Å². The van der Waals surface area contributed by atoms with Crippen LogP contribution in [0.4, 0.5) is 11.9 Å². The maximum atomic E-state index is 13.8. The zero-order chi connectivity index (χ0) is 46.8. The Bertz CT molecular complexity index is 2690. The number of amides is 4. The van der Waals surface area contributed by atoms with Crippen molar-refractivity contribution in [1.29, 1.82) is 0 Å². The van der Waals surface area contributed by atoms with Crippen LogP contribution in [0.3, 0.4) is 0 Å². The van der Waals surface area contributed by atoms with E-state index in [0.29, 0.717) is 69.8 Å². The smallest absolute Gasteiger partial charge is 0.276 e. The molecule has 20 heteroatoms. The van der Waals surface area contributed by atoms with Crippen LogP contribution >= 0.6 is 0 Å². The topological polar surface area (TPSA) is 270 Å². The number of likely N-dealkylation sites (tertiary alicyclic amines) is 1. The van der Waals surface area contributed by atoms with Crippen molar-refractivity contribution < 1.29 is 28.7 Å². The lowest BCUT2D eigenvalue weighted by molar-refractivity contribution is -0.110. The van der Waals surface area contributed by atoms with Crippen molar-refractivity contribution in [3.05, 3.63) is 88.9 Å². The van der Waals surface area contributed by atoms with Gasteiger partial charge >= 0.3 is 0 Å². The van der Waals surface area contributed by atoms with Crippen molar-refractivity contribution in [1.82, 2.24) is 39.1 Å². The Balaban J connectivity index is 1.37. The molecule has 1 fully saturated rings. The molecule has 0 radical (unpaired) electrons. The number of nitrogens with one attached hydrogen (secondary N) is 3. The Kier molecular flexibility index (Phi) is 15.5. The summed E-state index contributed by atoms with van der Waals surface area (Å²) >= 11 is 0.